The third-order valence-corrected chi connectivity index (χ3v) is 4.04. The molecule has 1 N–H and O–H groups in total. The molecule has 88 valence electrons. The maximum Gasteiger partial charge on any atom is 0.0221 e. The number of piperidine rings is 1. The zero-order chi connectivity index (χ0) is 10.5. The van der Waals surface area contributed by atoms with Crippen LogP contribution >= 0.6 is 0 Å². The Morgan fingerprint density at radius 1 is 0.933 bits per heavy atom. The standard InChI is InChI=1S/C13H26N2/c1-12-7-8-13(11-14-12)15-9-5-3-2-4-6-10-15/h12-14H,2-11H2,1H3. The van der Waals surface area contributed by atoms with Gasteiger partial charge in [0.05, 0.1) is 0 Å². The van der Waals surface area contributed by atoms with E-state index in [9.17, 15) is 0 Å². The first-order valence-corrected chi connectivity index (χ1v) is 6.83. The highest BCUT2D eigenvalue weighted by Gasteiger charge is 2.23. The van der Waals surface area contributed by atoms with Gasteiger partial charge in [0.1, 0.15) is 0 Å². The van der Waals surface area contributed by atoms with Crippen LogP contribution in [-0.4, -0.2) is 36.6 Å². The number of likely N-dealkylation sites (tertiary alicyclic amines) is 1. The molecule has 2 aliphatic rings. The summed E-state index contributed by atoms with van der Waals surface area (Å²) in [4.78, 5) is 2.75. The monoisotopic (exact) mass is 210 g/mol. The predicted octanol–water partition coefficient (Wildman–Crippen LogP) is 2.39. The SMILES string of the molecule is CC1CCC(N2CCCCCCC2)CN1. The van der Waals surface area contributed by atoms with Gasteiger partial charge in [-0.25, -0.2) is 0 Å². The highest BCUT2D eigenvalue weighted by Crippen LogP contribution is 2.18. The lowest BCUT2D eigenvalue weighted by atomic mass is 9.99. The minimum absolute atomic E-state index is 0.746. The highest BCUT2D eigenvalue weighted by molar-refractivity contribution is 4.82. The van der Waals surface area contributed by atoms with Crippen LogP contribution in [0.25, 0.3) is 0 Å². The van der Waals surface area contributed by atoms with Crippen LogP contribution in [0.15, 0.2) is 0 Å². The molecule has 2 saturated heterocycles. The summed E-state index contributed by atoms with van der Waals surface area (Å²) in [6.45, 7) is 6.23. The normalized spacial score (nSPS) is 35.8. The maximum absolute atomic E-state index is 3.62. The van der Waals surface area contributed by atoms with Gasteiger partial charge in [0.25, 0.3) is 0 Å². The molecular weight excluding hydrogens is 184 g/mol. The molecule has 0 radical (unpaired) electrons. The van der Waals surface area contributed by atoms with Crippen LogP contribution in [0.1, 0.15) is 51.9 Å². The summed E-state index contributed by atoms with van der Waals surface area (Å²) < 4.78 is 0. The predicted molar refractivity (Wildman–Crippen MR) is 65.1 cm³/mol. The fourth-order valence-corrected chi connectivity index (χ4v) is 2.93. The Hall–Kier alpha value is -0.0800. The molecule has 0 aromatic carbocycles. The van der Waals surface area contributed by atoms with E-state index in [0.717, 1.165) is 12.1 Å². The van der Waals surface area contributed by atoms with E-state index in [1.807, 2.05) is 0 Å². The molecule has 0 spiro atoms. The Bertz CT molecular complexity index is 165. The van der Waals surface area contributed by atoms with Gasteiger partial charge in [0.15, 0.2) is 0 Å². The van der Waals surface area contributed by atoms with Gasteiger partial charge in [-0.3, -0.25) is 4.90 Å². The van der Waals surface area contributed by atoms with Crippen molar-refractivity contribution in [2.75, 3.05) is 19.6 Å². The van der Waals surface area contributed by atoms with Crippen molar-refractivity contribution in [3.05, 3.63) is 0 Å². The minimum atomic E-state index is 0.746. The fraction of sp³-hybridized carbons (Fsp3) is 1.00. The number of hydrogen-bond donors (Lipinski definition) is 1. The smallest absolute Gasteiger partial charge is 0.0221 e. The lowest BCUT2D eigenvalue weighted by Gasteiger charge is -2.37. The van der Waals surface area contributed by atoms with Gasteiger partial charge in [0, 0.05) is 18.6 Å². The van der Waals surface area contributed by atoms with Gasteiger partial charge in [-0.2, -0.15) is 0 Å². The third-order valence-electron chi connectivity index (χ3n) is 4.04. The Balaban J connectivity index is 1.79. The summed E-state index contributed by atoms with van der Waals surface area (Å²) in [5.74, 6) is 0. The van der Waals surface area contributed by atoms with Crippen molar-refractivity contribution in [1.29, 1.82) is 0 Å². The van der Waals surface area contributed by atoms with Gasteiger partial charge in [-0.15, -0.1) is 0 Å². The highest BCUT2D eigenvalue weighted by atomic mass is 15.2. The largest absolute Gasteiger partial charge is 0.313 e. The van der Waals surface area contributed by atoms with Crippen molar-refractivity contribution in [3.8, 4) is 0 Å². The molecule has 0 saturated carbocycles. The average molecular weight is 210 g/mol. The van der Waals surface area contributed by atoms with E-state index < -0.39 is 0 Å². The summed E-state index contributed by atoms with van der Waals surface area (Å²) in [6, 6.07) is 1.58. The number of nitrogens with one attached hydrogen (secondary N) is 1. The van der Waals surface area contributed by atoms with Gasteiger partial charge < -0.3 is 5.32 Å². The van der Waals surface area contributed by atoms with E-state index in [1.165, 1.54) is 64.6 Å². The number of rotatable bonds is 1. The quantitative estimate of drug-likeness (QED) is 0.715. The Morgan fingerprint density at radius 3 is 2.20 bits per heavy atom. The lowest BCUT2D eigenvalue weighted by molar-refractivity contribution is 0.142. The van der Waals surface area contributed by atoms with Crippen LogP contribution in [0, 0.1) is 0 Å². The van der Waals surface area contributed by atoms with Crippen LogP contribution in [-0.2, 0) is 0 Å². The fourth-order valence-electron chi connectivity index (χ4n) is 2.93. The van der Waals surface area contributed by atoms with Gasteiger partial charge in [0.2, 0.25) is 0 Å². The molecule has 2 heteroatoms. The zero-order valence-corrected chi connectivity index (χ0v) is 10.2. The van der Waals surface area contributed by atoms with Crippen LogP contribution < -0.4 is 5.32 Å². The molecule has 2 aliphatic heterocycles. The summed E-state index contributed by atoms with van der Waals surface area (Å²) in [6.07, 6.45) is 9.99. The molecule has 2 atom stereocenters. The first kappa shape index (κ1) is 11.4. The van der Waals surface area contributed by atoms with Crippen LogP contribution in [0.2, 0.25) is 0 Å². The second-order valence-electron chi connectivity index (χ2n) is 5.34. The molecule has 0 amide bonds. The lowest BCUT2D eigenvalue weighted by Crippen LogP contribution is -2.49. The van der Waals surface area contributed by atoms with E-state index in [-0.39, 0.29) is 0 Å². The molecule has 15 heavy (non-hydrogen) atoms. The summed E-state index contributed by atoms with van der Waals surface area (Å²) in [5, 5.41) is 3.62. The molecule has 2 unspecified atom stereocenters. The van der Waals surface area contributed by atoms with Crippen molar-refractivity contribution in [3.63, 3.8) is 0 Å². The molecule has 0 aliphatic carbocycles. The van der Waals surface area contributed by atoms with Gasteiger partial charge in [-0.05, 0) is 45.7 Å². The second kappa shape index (κ2) is 5.86. The molecule has 0 aromatic rings. The minimum Gasteiger partial charge on any atom is -0.313 e. The van der Waals surface area contributed by atoms with Crippen LogP contribution in [0.3, 0.4) is 0 Å². The molecular formula is C13H26N2. The first-order valence-electron chi connectivity index (χ1n) is 6.83. The Labute approximate surface area is 94.4 Å². The van der Waals surface area contributed by atoms with Crippen molar-refractivity contribution < 1.29 is 0 Å². The van der Waals surface area contributed by atoms with Crippen LogP contribution in [0.4, 0.5) is 0 Å². The van der Waals surface area contributed by atoms with Crippen molar-refractivity contribution in [2.45, 2.75) is 64.0 Å². The molecule has 0 aromatic heterocycles. The third kappa shape index (κ3) is 3.46. The molecule has 2 rings (SSSR count). The van der Waals surface area contributed by atoms with Gasteiger partial charge >= 0.3 is 0 Å². The van der Waals surface area contributed by atoms with E-state index in [4.69, 9.17) is 0 Å². The summed E-state index contributed by atoms with van der Waals surface area (Å²) >= 11 is 0. The molecule has 2 fully saturated rings. The topological polar surface area (TPSA) is 15.3 Å². The molecule has 2 heterocycles. The van der Waals surface area contributed by atoms with Gasteiger partial charge in [-0.1, -0.05) is 19.3 Å². The molecule has 2 nitrogen and oxygen atoms in total. The van der Waals surface area contributed by atoms with Crippen LogP contribution in [0.5, 0.6) is 0 Å². The Morgan fingerprint density at radius 2 is 1.60 bits per heavy atom. The zero-order valence-electron chi connectivity index (χ0n) is 10.2. The second-order valence-corrected chi connectivity index (χ2v) is 5.34. The molecule has 0 bridgehead atoms. The van der Waals surface area contributed by atoms with E-state index in [0.29, 0.717) is 0 Å². The maximum atomic E-state index is 3.62. The first-order chi connectivity index (χ1) is 7.36. The van der Waals surface area contributed by atoms with E-state index in [2.05, 4.69) is 17.1 Å². The number of hydrogen-bond acceptors (Lipinski definition) is 2. The summed E-state index contributed by atoms with van der Waals surface area (Å²) in [7, 11) is 0. The number of nitrogens with zero attached hydrogens (tertiary/aromatic N) is 1. The van der Waals surface area contributed by atoms with E-state index >= 15 is 0 Å². The van der Waals surface area contributed by atoms with Crippen molar-refractivity contribution in [2.24, 2.45) is 0 Å². The van der Waals surface area contributed by atoms with Crippen molar-refractivity contribution >= 4 is 0 Å². The van der Waals surface area contributed by atoms with E-state index in [1.54, 1.807) is 0 Å². The van der Waals surface area contributed by atoms with Crippen molar-refractivity contribution in [1.82, 2.24) is 10.2 Å². The Kier molecular flexibility index (Phi) is 4.45. The average Bonchev–Trinajstić information content (AvgIpc) is 2.19. The summed E-state index contributed by atoms with van der Waals surface area (Å²) in [5.41, 5.74) is 0.